The van der Waals surface area contributed by atoms with Crippen molar-refractivity contribution < 1.29 is 28.0 Å². The van der Waals surface area contributed by atoms with Gasteiger partial charge in [-0.25, -0.2) is 8.42 Å². The number of hydrazone groups is 1. The Labute approximate surface area is 216 Å². The Morgan fingerprint density at radius 1 is 1.25 bits per heavy atom. The van der Waals surface area contributed by atoms with Crippen LogP contribution in [0.2, 0.25) is 0 Å². The van der Waals surface area contributed by atoms with Gasteiger partial charge in [-0.1, -0.05) is 42.5 Å². The number of carboxylic acid groups (broad SMARTS) is 1. The van der Waals surface area contributed by atoms with E-state index in [9.17, 15) is 23.1 Å². The first-order chi connectivity index (χ1) is 16.6. The van der Waals surface area contributed by atoms with Gasteiger partial charge in [0.05, 0.1) is 29.7 Å². The zero-order chi connectivity index (χ0) is 25.6. The molecule has 1 amide bonds. The van der Waals surface area contributed by atoms with E-state index in [4.69, 9.17) is 10.7 Å². The molecule has 1 fully saturated rings. The summed E-state index contributed by atoms with van der Waals surface area (Å²) >= 11 is 0. The van der Waals surface area contributed by atoms with E-state index in [2.05, 4.69) is 15.1 Å². The molecule has 2 aromatic carbocycles. The maximum atomic E-state index is 12.6. The summed E-state index contributed by atoms with van der Waals surface area (Å²) in [5.74, 6) is 3.32. The van der Waals surface area contributed by atoms with Crippen molar-refractivity contribution in [2.75, 3.05) is 13.6 Å². The Kier molecular flexibility index (Phi) is 10.4. The number of hydrogen-bond acceptors (Lipinski definition) is 8. The zero-order valence-electron chi connectivity index (χ0n) is 19.8. The van der Waals surface area contributed by atoms with Crippen molar-refractivity contribution in [1.29, 1.82) is 0 Å². The van der Waals surface area contributed by atoms with Gasteiger partial charge in [-0.15, -0.1) is 12.4 Å². The molecule has 36 heavy (non-hydrogen) atoms. The average molecular weight is 540 g/mol. The fraction of sp³-hybridized carbons (Fsp3) is 0.348. The largest absolute Gasteiger partial charge is 0.480 e. The van der Waals surface area contributed by atoms with Crippen LogP contribution >= 0.6 is 12.4 Å². The van der Waals surface area contributed by atoms with Gasteiger partial charge in [0.15, 0.2) is 0 Å². The molecule has 0 bridgehead atoms. The van der Waals surface area contributed by atoms with Crippen LogP contribution in [-0.2, 0) is 24.4 Å². The highest BCUT2D eigenvalue weighted by atomic mass is 35.5. The number of aryl methyl sites for hydroxylation is 1. The molecule has 1 saturated heterocycles. The fourth-order valence-corrected chi connectivity index (χ4v) is 5.32. The summed E-state index contributed by atoms with van der Waals surface area (Å²) in [6.45, 7) is 1.20. The number of carbonyl (C=O) groups is 2. The summed E-state index contributed by atoms with van der Waals surface area (Å²) in [5, 5.41) is 17.1. The van der Waals surface area contributed by atoms with Gasteiger partial charge >= 0.3 is 5.97 Å². The molecule has 0 aliphatic carbocycles. The highest BCUT2D eigenvalue weighted by molar-refractivity contribution is 7.89. The Balaban J connectivity index is 0.00000456. The second-order valence-corrected chi connectivity index (χ2v) is 9.94. The van der Waals surface area contributed by atoms with E-state index in [1.807, 2.05) is 24.3 Å². The molecule has 13 heteroatoms. The van der Waals surface area contributed by atoms with Crippen LogP contribution < -0.4 is 15.9 Å². The van der Waals surface area contributed by atoms with Gasteiger partial charge in [-0.05, 0) is 36.1 Å². The zero-order valence-corrected chi connectivity index (χ0v) is 21.5. The van der Waals surface area contributed by atoms with E-state index in [1.54, 1.807) is 37.2 Å². The second-order valence-electron chi connectivity index (χ2n) is 8.26. The van der Waals surface area contributed by atoms with Crippen molar-refractivity contribution in [2.24, 2.45) is 10.9 Å². The SMILES string of the molecule is Cc1ccccc1S(=O)(=O)N[C@@H](CNC(=O)C[C@@H]1C[C@H](c2ccc(C=NN)cc2)N(C)O1)C(=O)O.Cl. The predicted octanol–water partition coefficient (Wildman–Crippen LogP) is 1.32. The summed E-state index contributed by atoms with van der Waals surface area (Å²) in [6.07, 6.45) is 1.67. The molecule has 1 aliphatic heterocycles. The number of hydrogen-bond donors (Lipinski definition) is 4. The highest BCUT2D eigenvalue weighted by Gasteiger charge is 2.34. The molecule has 0 spiro atoms. The number of aliphatic carboxylic acids is 1. The lowest BCUT2D eigenvalue weighted by Crippen LogP contribution is -2.48. The highest BCUT2D eigenvalue weighted by Crippen LogP contribution is 2.34. The van der Waals surface area contributed by atoms with Crippen LogP contribution in [0.1, 0.15) is 35.6 Å². The Bertz CT molecular complexity index is 1190. The summed E-state index contributed by atoms with van der Waals surface area (Å²) in [6, 6.07) is 12.3. The maximum absolute atomic E-state index is 12.6. The first-order valence-electron chi connectivity index (χ1n) is 10.9. The number of rotatable bonds is 10. The summed E-state index contributed by atoms with van der Waals surface area (Å²) in [4.78, 5) is 29.9. The third kappa shape index (κ3) is 7.48. The Morgan fingerprint density at radius 2 is 1.92 bits per heavy atom. The average Bonchev–Trinajstić information content (AvgIpc) is 3.17. The molecule has 0 saturated carbocycles. The van der Waals surface area contributed by atoms with E-state index >= 15 is 0 Å². The number of carbonyl (C=O) groups excluding carboxylic acids is 1. The molecule has 3 atom stereocenters. The lowest BCUT2D eigenvalue weighted by atomic mass is 9.99. The minimum absolute atomic E-state index is 0. The number of nitrogens with zero attached hydrogens (tertiary/aromatic N) is 2. The molecular weight excluding hydrogens is 510 g/mol. The van der Waals surface area contributed by atoms with Crippen LogP contribution in [0.3, 0.4) is 0 Å². The monoisotopic (exact) mass is 539 g/mol. The topological polar surface area (TPSA) is 163 Å². The molecule has 0 unspecified atom stereocenters. The van der Waals surface area contributed by atoms with E-state index in [0.29, 0.717) is 12.0 Å². The lowest BCUT2D eigenvalue weighted by Gasteiger charge is -2.18. The fourth-order valence-electron chi connectivity index (χ4n) is 3.89. The minimum Gasteiger partial charge on any atom is -0.480 e. The molecular formula is C23H30ClN5O6S. The van der Waals surface area contributed by atoms with Crippen molar-refractivity contribution in [2.45, 2.75) is 42.8 Å². The van der Waals surface area contributed by atoms with Crippen LogP contribution in [0.4, 0.5) is 0 Å². The Hall–Kier alpha value is -3.03. The smallest absolute Gasteiger partial charge is 0.323 e. The predicted molar refractivity (Wildman–Crippen MR) is 136 cm³/mol. The molecule has 1 aliphatic rings. The van der Waals surface area contributed by atoms with Gasteiger partial charge in [0.1, 0.15) is 6.04 Å². The molecule has 11 nitrogen and oxygen atoms in total. The number of halogens is 1. The first-order valence-corrected chi connectivity index (χ1v) is 12.4. The van der Waals surface area contributed by atoms with Crippen LogP contribution in [0.25, 0.3) is 0 Å². The molecule has 5 N–H and O–H groups in total. The van der Waals surface area contributed by atoms with Crippen LogP contribution in [-0.4, -0.2) is 62.4 Å². The summed E-state index contributed by atoms with van der Waals surface area (Å²) in [7, 11) is -2.31. The van der Waals surface area contributed by atoms with Gasteiger partial charge < -0.3 is 16.3 Å². The quantitative estimate of drug-likeness (QED) is 0.199. The minimum atomic E-state index is -4.09. The van der Waals surface area contributed by atoms with Gasteiger partial charge in [0, 0.05) is 13.6 Å². The third-order valence-corrected chi connectivity index (χ3v) is 7.31. The van der Waals surface area contributed by atoms with Gasteiger partial charge in [0.25, 0.3) is 0 Å². The number of nitrogens with two attached hydrogens (primary N) is 1. The van der Waals surface area contributed by atoms with Gasteiger partial charge in [-0.3, -0.25) is 14.4 Å². The number of hydroxylamine groups is 2. The first kappa shape index (κ1) is 29.2. The maximum Gasteiger partial charge on any atom is 0.323 e. The number of amides is 1. The molecule has 196 valence electrons. The summed E-state index contributed by atoms with van der Waals surface area (Å²) < 4.78 is 27.4. The van der Waals surface area contributed by atoms with Crippen molar-refractivity contribution in [1.82, 2.24) is 15.1 Å². The van der Waals surface area contributed by atoms with Gasteiger partial charge in [0.2, 0.25) is 15.9 Å². The molecule has 0 aromatic heterocycles. The normalized spacial score (nSPS) is 19.1. The second kappa shape index (κ2) is 12.8. The number of carboxylic acids is 1. The van der Waals surface area contributed by atoms with E-state index in [0.717, 1.165) is 11.1 Å². The Morgan fingerprint density at radius 3 is 2.53 bits per heavy atom. The van der Waals surface area contributed by atoms with Crippen molar-refractivity contribution >= 4 is 40.5 Å². The number of nitrogens with one attached hydrogen (secondary N) is 2. The summed E-state index contributed by atoms with van der Waals surface area (Å²) in [5.41, 5.74) is 2.34. The van der Waals surface area contributed by atoms with E-state index < -0.39 is 40.6 Å². The number of benzene rings is 2. The van der Waals surface area contributed by atoms with Crippen LogP contribution in [0, 0.1) is 6.92 Å². The van der Waals surface area contributed by atoms with Crippen LogP contribution in [0.5, 0.6) is 0 Å². The molecule has 0 radical (unpaired) electrons. The lowest BCUT2D eigenvalue weighted by molar-refractivity contribution is -0.152. The third-order valence-electron chi connectivity index (χ3n) is 5.68. The van der Waals surface area contributed by atoms with Crippen LogP contribution in [0.15, 0.2) is 58.5 Å². The van der Waals surface area contributed by atoms with Crippen molar-refractivity contribution in [3.05, 3.63) is 65.2 Å². The van der Waals surface area contributed by atoms with Crippen molar-refractivity contribution in [3.8, 4) is 0 Å². The molecule has 1 heterocycles. The van der Waals surface area contributed by atoms with Crippen molar-refractivity contribution in [3.63, 3.8) is 0 Å². The van der Waals surface area contributed by atoms with E-state index in [-0.39, 0.29) is 29.8 Å². The number of sulfonamides is 1. The molecule has 3 rings (SSSR count). The standard InChI is InChI=1S/C23H29N5O6S.ClH/c1-15-5-3-4-6-21(15)35(32,33)27-19(23(30)31)14-25-22(29)12-18-11-20(28(2)34-18)17-9-7-16(8-10-17)13-26-24;/h3-10,13,18-20,27H,11-12,14,24H2,1-2H3,(H,25,29)(H,30,31);1H/t18-,19-,20+;/m0./s1. The molecule has 2 aromatic rings. The van der Waals surface area contributed by atoms with E-state index in [1.165, 1.54) is 12.3 Å². The van der Waals surface area contributed by atoms with Gasteiger partial charge in [-0.2, -0.15) is 14.9 Å².